The van der Waals surface area contributed by atoms with Gasteiger partial charge < -0.3 is 10.0 Å². The maximum atomic E-state index is 12.2. The lowest BCUT2D eigenvalue weighted by Gasteiger charge is -2.36. The first kappa shape index (κ1) is 16.0. The van der Waals surface area contributed by atoms with E-state index in [9.17, 15) is 9.59 Å². The molecule has 1 atom stereocenters. The van der Waals surface area contributed by atoms with Crippen LogP contribution in [0.3, 0.4) is 0 Å². The monoisotopic (exact) mass is 270 g/mol. The van der Waals surface area contributed by atoms with E-state index in [2.05, 4.69) is 6.92 Å². The number of likely N-dealkylation sites (tertiary alicyclic amines) is 1. The summed E-state index contributed by atoms with van der Waals surface area (Å²) in [5, 5.41) is 8.59. The standard InChI is InChI=1S/C14H26N2O3/c1-3-12-7-4-5-10-16(12)13(17)11-15(2)9-6-8-14(18)19/h12H,3-11H2,1-2H3,(H,18,19). The van der Waals surface area contributed by atoms with Gasteiger partial charge in [0.15, 0.2) is 0 Å². The topological polar surface area (TPSA) is 60.9 Å². The predicted molar refractivity (Wildman–Crippen MR) is 74.0 cm³/mol. The second-order valence-electron chi connectivity index (χ2n) is 5.38. The largest absolute Gasteiger partial charge is 0.481 e. The first-order valence-corrected chi connectivity index (χ1v) is 7.24. The van der Waals surface area contributed by atoms with Crippen molar-refractivity contribution in [3.8, 4) is 0 Å². The Labute approximate surface area is 115 Å². The number of piperidine rings is 1. The minimum atomic E-state index is -0.776. The fraction of sp³-hybridized carbons (Fsp3) is 0.857. The van der Waals surface area contributed by atoms with Crippen LogP contribution < -0.4 is 0 Å². The van der Waals surface area contributed by atoms with Crippen molar-refractivity contribution in [1.29, 1.82) is 0 Å². The summed E-state index contributed by atoms with van der Waals surface area (Å²) in [5.74, 6) is -0.592. The molecule has 0 aliphatic carbocycles. The second kappa shape index (κ2) is 8.15. The van der Waals surface area contributed by atoms with Gasteiger partial charge in [-0.05, 0) is 45.7 Å². The van der Waals surface area contributed by atoms with Crippen molar-refractivity contribution in [1.82, 2.24) is 9.80 Å². The van der Waals surface area contributed by atoms with Crippen molar-refractivity contribution in [3.63, 3.8) is 0 Å². The molecule has 19 heavy (non-hydrogen) atoms. The van der Waals surface area contributed by atoms with Crippen LogP contribution in [0.25, 0.3) is 0 Å². The molecule has 1 aliphatic rings. The van der Waals surface area contributed by atoms with E-state index in [1.54, 1.807) is 0 Å². The number of rotatable bonds is 7. The van der Waals surface area contributed by atoms with Crippen LogP contribution in [-0.2, 0) is 9.59 Å². The zero-order valence-corrected chi connectivity index (χ0v) is 12.1. The van der Waals surface area contributed by atoms with E-state index in [0.29, 0.717) is 25.6 Å². The Balaban J connectivity index is 2.33. The molecule has 0 saturated carbocycles. The molecule has 0 bridgehead atoms. The average Bonchev–Trinajstić information content (AvgIpc) is 2.38. The molecule has 0 spiro atoms. The van der Waals surface area contributed by atoms with Crippen LogP contribution in [0.4, 0.5) is 0 Å². The van der Waals surface area contributed by atoms with Crippen molar-refractivity contribution in [2.24, 2.45) is 0 Å². The fourth-order valence-electron chi connectivity index (χ4n) is 2.65. The summed E-state index contributed by atoms with van der Waals surface area (Å²) in [6.07, 6.45) is 5.22. The summed E-state index contributed by atoms with van der Waals surface area (Å²) in [7, 11) is 1.88. The Kier molecular flexibility index (Phi) is 6.84. The zero-order valence-electron chi connectivity index (χ0n) is 12.1. The van der Waals surface area contributed by atoms with E-state index >= 15 is 0 Å². The lowest BCUT2D eigenvalue weighted by molar-refractivity contribution is -0.137. The van der Waals surface area contributed by atoms with Crippen LogP contribution in [0.5, 0.6) is 0 Å². The van der Waals surface area contributed by atoms with Gasteiger partial charge in [0.2, 0.25) is 5.91 Å². The Morgan fingerprint density at radius 1 is 1.37 bits per heavy atom. The Bertz CT molecular complexity index is 307. The third kappa shape index (κ3) is 5.59. The van der Waals surface area contributed by atoms with Crippen LogP contribution in [0.1, 0.15) is 45.4 Å². The highest BCUT2D eigenvalue weighted by atomic mass is 16.4. The van der Waals surface area contributed by atoms with Gasteiger partial charge in [0, 0.05) is 19.0 Å². The van der Waals surface area contributed by atoms with E-state index in [1.165, 1.54) is 6.42 Å². The first-order valence-electron chi connectivity index (χ1n) is 7.24. The molecule has 1 rings (SSSR count). The van der Waals surface area contributed by atoms with E-state index in [1.807, 2.05) is 16.8 Å². The van der Waals surface area contributed by atoms with E-state index < -0.39 is 5.97 Å². The molecular formula is C14H26N2O3. The van der Waals surface area contributed by atoms with Gasteiger partial charge in [-0.3, -0.25) is 14.5 Å². The molecule has 5 heteroatoms. The molecular weight excluding hydrogens is 244 g/mol. The quantitative estimate of drug-likeness (QED) is 0.763. The first-order chi connectivity index (χ1) is 9.04. The zero-order chi connectivity index (χ0) is 14.3. The number of aliphatic carboxylic acids is 1. The number of carbonyl (C=O) groups excluding carboxylic acids is 1. The van der Waals surface area contributed by atoms with Crippen molar-refractivity contribution in [3.05, 3.63) is 0 Å². The fourth-order valence-corrected chi connectivity index (χ4v) is 2.65. The summed E-state index contributed by atoms with van der Waals surface area (Å²) >= 11 is 0. The molecule has 0 aromatic heterocycles. The summed E-state index contributed by atoms with van der Waals surface area (Å²) in [6, 6.07) is 0.397. The van der Waals surface area contributed by atoms with Gasteiger partial charge in [-0.25, -0.2) is 0 Å². The Hall–Kier alpha value is -1.10. The molecule has 1 amide bonds. The highest BCUT2D eigenvalue weighted by molar-refractivity contribution is 5.78. The van der Waals surface area contributed by atoms with Crippen molar-refractivity contribution >= 4 is 11.9 Å². The van der Waals surface area contributed by atoms with E-state index in [-0.39, 0.29) is 12.3 Å². The van der Waals surface area contributed by atoms with Crippen molar-refractivity contribution in [2.45, 2.75) is 51.5 Å². The summed E-state index contributed by atoms with van der Waals surface area (Å²) in [6.45, 7) is 4.06. The van der Waals surface area contributed by atoms with Crippen LogP contribution in [-0.4, -0.2) is 59.5 Å². The summed E-state index contributed by atoms with van der Waals surface area (Å²) < 4.78 is 0. The highest BCUT2D eigenvalue weighted by Gasteiger charge is 2.25. The minimum absolute atomic E-state index is 0.166. The number of carboxylic acid groups (broad SMARTS) is 1. The van der Waals surface area contributed by atoms with Gasteiger partial charge in [-0.2, -0.15) is 0 Å². The lowest BCUT2D eigenvalue weighted by Crippen LogP contribution is -2.47. The van der Waals surface area contributed by atoms with E-state index in [0.717, 1.165) is 25.8 Å². The average molecular weight is 270 g/mol. The molecule has 110 valence electrons. The number of carbonyl (C=O) groups is 2. The van der Waals surface area contributed by atoms with Gasteiger partial charge in [0.25, 0.3) is 0 Å². The summed E-state index contributed by atoms with van der Waals surface area (Å²) in [4.78, 5) is 26.6. The predicted octanol–water partition coefficient (Wildman–Crippen LogP) is 1.57. The third-order valence-corrected chi connectivity index (χ3v) is 3.75. The molecule has 1 unspecified atom stereocenters. The van der Waals surface area contributed by atoms with Gasteiger partial charge in [0.1, 0.15) is 0 Å². The third-order valence-electron chi connectivity index (χ3n) is 3.75. The molecule has 1 fully saturated rings. The van der Waals surface area contributed by atoms with Crippen LogP contribution >= 0.6 is 0 Å². The van der Waals surface area contributed by atoms with Gasteiger partial charge in [0.05, 0.1) is 6.54 Å². The number of nitrogens with zero attached hydrogens (tertiary/aromatic N) is 2. The maximum absolute atomic E-state index is 12.2. The highest BCUT2D eigenvalue weighted by Crippen LogP contribution is 2.19. The number of amides is 1. The van der Waals surface area contributed by atoms with Crippen LogP contribution in [0.2, 0.25) is 0 Å². The molecule has 0 radical (unpaired) electrons. The summed E-state index contributed by atoms with van der Waals surface area (Å²) in [5.41, 5.74) is 0. The molecule has 1 saturated heterocycles. The van der Waals surface area contributed by atoms with Gasteiger partial charge >= 0.3 is 5.97 Å². The maximum Gasteiger partial charge on any atom is 0.303 e. The molecule has 1 N–H and O–H groups in total. The number of hydrogen-bond acceptors (Lipinski definition) is 3. The number of carboxylic acids is 1. The normalized spacial score (nSPS) is 19.7. The number of hydrogen-bond donors (Lipinski definition) is 1. The van der Waals surface area contributed by atoms with E-state index in [4.69, 9.17) is 5.11 Å². The smallest absolute Gasteiger partial charge is 0.303 e. The molecule has 5 nitrogen and oxygen atoms in total. The van der Waals surface area contributed by atoms with Crippen LogP contribution in [0, 0.1) is 0 Å². The van der Waals surface area contributed by atoms with Crippen LogP contribution in [0.15, 0.2) is 0 Å². The Morgan fingerprint density at radius 3 is 2.74 bits per heavy atom. The second-order valence-corrected chi connectivity index (χ2v) is 5.38. The van der Waals surface area contributed by atoms with Gasteiger partial charge in [-0.15, -0.1) is 0 Å². The molecule has 1 heterocycles. The minimum Gasteiger partial charge on any atom is -0.481 e. The lowest BCUT2D eigenvalue weighted by atomic mass is 10.00. The SMILES string of the molecule is CCC1CCCCN1C(=O)CN(C)CCCC(=O)O. The molecule has 1 aliphatic heterocycles. The Morgan fingerprint density at radius 2 is 2.11 bits per heavy atom. The number of likely N-dealkylation sites (N-methyl/N-ethyl adjacent to an activating group) is 1. The molecule has 0 aromatic carbocycles. The van der Waals surface area contributed by atoms with Crippen molar-refractivity contribution in [2.75, 3.05) is 26.7 Å². The van der Waals surface area contributed by atoms with Gasteiger partial charge in [-0.1, -0.05) is 6.92 Å². The molecule has 0 aromatic rings. The van der Waals surface area contributed by atoms with Crippen molar-refractivity contribution < 1.29 is 14.7 Å².